The van der Waals surface area contributed by atoms with E-state index in [0.29, 0.717) is 17.5 Å². The number of para-hydroxylation sites is 2. The molecule has 4 rings (SSSR count). The highest BCUT2D eigenvalue weighted by Crippen LogP contribution is 2.34. The number of rotatable bonds is 6. The summed E-state index contributed by atoms with van der Waals surface area (Å²) < 4.78 is 13.1. The van der Waals surface area contributed by atoms with Gasteiger partial charge in [-0.1, -0.05) is 18.2 Å². The van der Waals surface area contributed by atoms with Gasteiger partial charge in [0.1, 0.15) is 5.82 Å². The molecule has 6 nitrogen and oxygen atoms in total. The zero-order valence-corrected chi connectivity index (χ0v) is 18.2. The van der Waals surface area contributed by atoms with E-state index in [1.54, 1.807) is 14.2 Å². The van der Waals surface area contributed by atoms with Crippen LogP contribution in [0.3, 0.4) is 0 Å². The number of fused-ring (bicyclic) bond motifs is 1. The maximum Gasteiger partial charge on any atom is 0.161 e. The highest BCUT2D eigenvalue weighted by molar-refractivity contribution is 5.76. The van der Waals surface area contributed by atoms with Crippen molar-refractivity contribution < 1.29 is 14.6 Å². The minimum absolute atomic E-state index is 0.0182. The van der Waals surface area contributed by atoms with Crippen LogP contribution < -0.4 is 9.47 Å². The Hall–Kier alpha value is -2.57. The number of ether oxygens (including phenoxy) is 2. The Morgan fingerprint density at radius 1 is 1.03 bits per heavy atom. The standard InChI is InChI=1S/C24H31N3O3/c1-16(24(28)18-9-10-22(29-3)23(15-18)30-4)26-13-11-19(12-14-26)27-17(2)25-20-7-5-6-8-21(20)27/h5-10,15-16,19,24,28H,11-14H2,1-4H3. The monoisotopic (exact) mass is 409 g/mol. The van der Waals surface area contributed by atoms with E-state index in [1.165, 1.54) is 5.52 Å². The minimum Gasteiger partial charge on any atom is -0.493 e. The normalized spacial score (nSPS) is 17.8. The Bertz CT molecular complexity index is 1010. The van der Waals surface area contributed by atoms with Gasteiger partial charge in [-0.25, -0.2) is 4.98 Å². The molecular weight excluding hydrogens is 378 g/mol. The number of piperidine rings is 1. The molecule has 0 aliphatic carbocycles. The van der Waals surface area contributed by atoms with Gasteiger partial charge in [0.15, 0.2) is 11.5 Å². The predicted octanol–water partition coefficient (Wildman–Crippen LogP) is 4.12. The van der Waals surface area contributed by atoms with Crippen LogP contribution in [0, 0.1) is 6.92 Å². The first-order chi connectivity index (χ1) is 14.5. The minimum atomic E-state index is -0.586. The first-order valence-corrected chi connectivity index (χ1v) is 10.6. The molecule has 1 saturated heterocycles. The van der Waals surface area contributed by atoms with Crippen molar-refractivity contribution in [3.8, 4) is 11.5 Å². The van der Waals surface area contributed by atoms with E-state index in [9.17, 15) is 5.11 Å². The van der Waals surface area contributed by atoms with Crippen molar-refractivity contribution in [1.82, 2.24) is 14.5 Å². The molecule has 0 saturated carbocycles. The first kappa shape index (κ1) is 20.7. The van der Waals surface area contributed by atoms with E-state index in [4.69, 9.17) is 14.5 Å². The maximum absolute atomic E-state index is 11.0. The molecule has 2 heterocycles. The lowest BCUT2D eigenvalue weighted by molar-refractivity contribution is 0.0385. The summed E-state index contributed by atoms with van der Waals surface area (Å²) in [5.74, 6) is 2.39. The fourth-order valence-electron chi connectivity index (χ4n) is 4.69. The molecule has 0 radical (unpaired) electrons. The van der Waals surface area contributed by atoms with Crippen molar-refractivity contribution >= 4 is 11.0 Å². The average Bonchev–Trinajstić information content (AvgIpc) is 3.13. The van der Waals surface area contributed by atoms with E-state index in [1.807, 2.05) is 24.3 Å². The second kappa shape index (κ2) is 8.66. The summed E-state index contributed by atoms with van der Waals surface area (Å²) in [6, 6.07) is 14.5. The molecule has 2 atom stereocenters. The number of aliphatic hydroxyl groups excluding tert-OH is 1. The number of nitrogens with zero attached hydrogens (tertiary/aromatic N) is 3. The summed E-state index contributed by atoms with van der Waals surface area (Å²) in [4.78, 5) is 7.11. The van der Waals surface area contributed by atoms with Gasteiger partial charge in [0.05, 0.1) is 31.4 Å². The van der Waals surface area contributed by atoms with E-state index < -0.39 is 6.10 Å². The zero-order valence-electron chi connectivity index (χ0n) is 18.2. The molecule has 1 fully saturated rings. The topological polar surface area (TPSA) is 59.8 Å². The van der Waals surface area contributed by atoms with Crippen molar-refractivity contribution in [2.45, 2.75) is 44.9 Å². The van der Waals surface area contributed by atoms with Crippen LogP contribution in [0.5, 0.6) is 11.5 Å². The summed E-state index contributed by atoms with van der Waals surface area (Å²) in [6.45, 7) is 6.08. The molecule has 0 spiro atoms. The molecule has 1 aliphatic heterocycles. The van der Waals surface area contributed by atoms with Gasteiger partial charge in [0.2, 0.25) is 0 Å². The van der Waals surface area contributed by atoms with Crippen LogP contribution in [0.2, 0.25) is 0 Å². The molecule has 160 valence electrons. The third-order valence-electron chi connectivity index (χ3n) is 6.42. The van der Waals surface area contributed by atoms with Crippen LogP contribution in [0.1, 0.15) is 43.3 Å². The Labute approximate surface area is 178 Å². The van der Waals surface area contributed by atoms with E-state index in [-0.39, 0.29) is 6.04 Å². The van der Waals surface area contributed by atoms with Crippen molar-refractivity contribution in [3.63, 3.8) is 0 Å². The molecule has 3 aromatic rings. The highest BCUT2D eigenvalue weighted by atomic mass is 16.5. The highest BCUT2D eigenvalue weighted by Gasteiger charge is 2.29. The molecule has 1 N–H and O–H groups in total. The number of benzene rings is 2. The van der Waals surface area contributed by atoms with Crippen LogP contribution in [-0.2, 0) is 0 Å². The van der Waals surface area contributed by atoms with Crippen molar-refractivity contribution in [2.24, 2.45) is 0 Å². The molecule has 30 heavy (non-hydrogen) atoms. The van der Waals surface area contributed by atoms with E-state index >= 15 is 0 Å². The van der Waals surface area contributed by atoms with Crippen molar-refractivity contribution in [2.75, 3.05) is 27.3 Å². The summed E-state index contributed by atoms with van der Waals surface area (Å²) >= 11 is 0. The molecular formula is C24H31N3O3. The molecule has 1 aliphatic rings. The summed E-state index contributed by atoms with van der Waals surface area (Å²) in [7, 11) is 3.23. The van der Waals surface area contributed by atoms with Crippen LogP contribution in [-0.4, -0.2) is 52.9 Å². The van der Waals surface area contributed by atoms with E-state index in [0.717, 1.165) is 42.8 Å². The van der Waals surface area contributed by atoms with Gasteiger partial charge >= 0.3 is 0 Å². The SMILES string of the molecule is COc1ccc(C(O)C(C)N2CCC(n3c(C)nc4ccccc43)CC2)cc1OC. The number of imidazole rings is 1. The molecule has 6 heteroatoms. The maximum atomic E-state index is 11.0. The molecule has 0 amide bonds. The second-order valence-electron chi connectivity index (χ2n) is 8.08. The van der Waals surface area contributed by atoms with Crippen molar-refractivity contribution in [3.05, 3.63) is 53.9 Å². The summed E-state index contributed by atoms with van der Waals surface area (Å²) in [5, 5.41) is 11.0. The van der Waals surface area contributed by atoms with Crippen LogP contribution in [0.15, 0.2) is 42.5 Å². The molecule has 2 unspecified atom stereocenters. The van der Waals surface area contributed by atoms with Crippen LogP contribution >= 0.6 is 0 Å². The van der Waals surface area contributed by atoms with Gasteiger partial charge in [-0.2, -0.15) is 0 Å². The lowest BCUT2D eigenvalue weighted by Gasteiger charge is -2.38. The number of aliphatic hydroxyl groups is 1. The number of likely N-dealkylation sites (tertiary alicyclic amines) is 1. The predicted molar refractivity (Wildman–Crippen MR) is 118 cm³/mol. The summed E-state index contributed by atoms with van der Waals surface area (Å²) in [6.07, 6.45) is 1.51. The van der Waals surface area contributed by atoms with Gasteiger partial charge in [-0.15, -0.1) is 0 Å². The third kappa shape index (κ3) is 3.77. The van der Waals surface area contributed by atoms with Gasteiger partial charge < -0.3 is 19.1 Å². The van der Waals surface area contributed by atoms with Crippen LogP contribution in [0.4, 0.5) is 0 Å². The number of aryl methyl sites for hydroxylation is 1. The average molecular weight is 410 g/mol. The van der Waals surface area contributed by atoms with Gasteiger partial charge in [-0.3, -0.25) is 4.90 Å². The quantitative estimate of drug-likeness (QED) is 0.664. The van der Waals surface area contributed by atoms with Gasteiger partial charge in [0.25, 0.3) is 0 Å². The lowest BCUT2D eigenvalue weighted by Crippen LogP contribution is -2.43. The smallest absolute Gasteiger partial charge is 0.161 e. The number of methoxy groups -OCH3 is 2. The Kier molecular flexibility index (Phi) is 5.97. The Balaban J connectivity index is 1.45. The molecule has 0 bridgehead atoms. The van der Waals surface area contributed by atoms with Gasteiger partial charge in [-0.05, 0) is 56.5 Å². The largest absolute Gasteiger partial charge is 0.493 e. The number of hydrogen-bond donors (Lipinski definition) is 1. The molecule has 1 aromatic heterocycles. The third-order valence-corrected chi connectivity index (χ3v) is 6.42. The fourth-order valence-corrected chi connectivity index (χ4v) is 4.69. The molecule has 2 aromatic carbocycles. The lowest BCUT2D eigenvalue weighted by atomic mass is 9.97. The zero-order chi connectivity index (χ0) is 21.3. The Morgan fingerprint density at radius 3 is 2.43 bits per heavy atom. The van der Waals surface area contributed by atoms with Crippen molar-refractivity contribution in [1.29, 1.82) is 0 Å². The fraction of sp³-hybridized carbons (Fsp3) is 0.458. The van der Waals surface area contributed by atoms with Crippen LogP contribution in [0.25, 0.3) is 11.0 Å². The summed E-state index contributed by atoms with van der Waals surface area (Å²) in [5.41, 5.74) is 3.13. The number of aromatic nitrogens is 2. The van der Waals surface area contributed by atoms with E-state index in [2.05, 4.69) is 41.5 Å². The second-order valence-corrected chi connectivity index (χ2v) is 8.08. The Morgan fingerprint density at radius 2 is 1.73 bits per heavy atom. The first-order valence-electron chi connectivity index (χ1n) is 10.6. The number of hydrogen-bond acceptors (Lipinski definition) is 5. The van der Waals surface area contributed by atoms with Gasteiger partial charge in [0, 0.05) is 25.2 Å².